The Morgan fingerprint density at radius 1 is 1.10 bits per heavy atom. The molecule has 0 aromatic heterocycles. The Morgan fingerprint density at radius 2 is 1.67 bits per heavy atom. The number of ether oxygens (including phenoxy) is 1. The van der Waals surface area contributed by atoms with Gasteiger partial charge in [-0.15, -0.1) is 0 Å². The minimum atomic E-state index is -1.78. The van der Waals surface area contributed by atoms with E-state index in [1.54, 1.807) is 12.1 Å². The number of hydrogen-bond donors (Lipinski definition) is 6. The number of aliphatic hydroxyl groups is 5. The van der Waals surface area contributed by atoms with Gasteiger partial charge in [-0.25, -0.2) is 4.79 Å². The lowest BCUT2D eigenvalue weighted by Crippen LogP contribution is -2.47. The van der Waals surface area contributed by atoms with Crippen LogP contribution in [-0.2, 0) is 4.74 Å². The van der Waals surface area contributed by atoms with Crippen LogP contribution in [0.1, 0.15) is 10.4 Å². The third kappa shape index (κ3) is 4.66. The molecule has 0 bridgehead atoms. The van der Waals surface area contributed by atoms with Crippen molar-refractivity contribution >= 4 is 11.7 Å². The molecule has 1 rings (SSSR count). The van der Waals surface area contributed by atoms with Gasteiger partial charge < -0.3 is 36.0 Å². The average molecular weight is 301 g/mol. The fraction of sp³-hybridized carbons (Fsp3) is 0.462. The molecule has 0 heterocycles. The molecule has 0 aliphatic heterocycles. The maximum absolute atomic E-state index is 11.7. The Balaban J connectivity index is 2.55. The van der Waals surface area contributed by atoms with Gasteiger partial charge in [0.1, 0.15) is 31.0 Å². The van der Waals surface area contributed by atoms with Crippen LogP contribution in [0, 0.1) is 0 Å². The van der Waals surface area contributed by atoms with E-state index in [9.17, 15) is 20.1 Å². The molecule has 0 amide bonds. The summed E-state index contributed by atoms with van der Waals surface area (Å²) in [7, 11) is 0. The molecule has 8 heteroatoms. The number of esters is 1. The number of nitrogens with two attached hydrogens (primary N) is 1. The van der Waals surface area contributed by atoms with E-state index in [0.717, 1.165) is 0 Å². The van der Waals surface area contributed by atoms with Crippen molar-refractivity contribution in [3.8, 4) is 0 Å². The highest BCUT2D eigenvalue weighted by molar-refractivity contribution is 5.94. The second-order valence-electron chi connectivity index (χ2n) is 4.48. The molecule has 0 fully saturated rings. The van der Waals surface area contributed by atoms with Crippen molar-refractivity contribution in [1.82, 2.24) is 0 Å². The molecule has 0 aliphatic carbocycles. The van der Waals surface area contributed by atoms with Crippen LogP contribution in [0.4, 0.5) is 5.69 Å². The topological polar surface area (TPSA) is 153 Å². The van der Waals surface area contributed by atoms with E-state index in [1.165, 1.54) is 12.1 Å². The first kappa shape index (κ1) is 17.3. The second-order valence-corrected chi connectivity index (χ2v) is 4.48. The normalized spacial score (nSPS) is 16.8. The Bertz CT molecular complexity index is 468. The highest BCUT2D eigenvalue weighted by Gasteiger charge is 2.30. The fourth-order valence-corrected chi connectivity index (χ4v) is 1.58. The molecule has 8 nitrogen and oxygen atoms in total. The van der Waals surface area contributed by atoms with Gasteiger partial charge in [-0.1, -0.05) is 12.1 Å². The van der Waals surface area contributed by atoms with Crippen LogP contribution in [0.2, 0.25) is 0 Å². The van der Waals surface area contributed by atoms with Crippen LogP contribution < -0.4 is 5.73 Å². The van der Waals surface area contributed by atoms with E-state index in [0.29, 0.717) is 0 Å². The smallest absolute Gasteiger partial charge is 0.340 e. The molecule has 1 aromatic carbocycles. The number of hydrogen-bond acceptors (Lipinski definition) is 8. The van der Waals surface area contributed by atoms with Crippen LogP contribution in [0.25, 0.3) is 0 Å². The zero-order valence-electron chi connectivity index (χ0n) is 11.2. The van der Waals surface area contributed by atoms with Gasteiger partial charge in [-0.2, -0.15) is 0 Å². The standard InChI is InChI=1S/C13H19NO7/c14-8-4-2-1-3-7(8)13(20)21-6-10(17)12(19)11(18)9(16)5-15/h1-4,9-12,15-19H,5-6,14H2/t9-,10+,11-,12+/m1/s1. The minimum Gasteiger partial charge on any atom is -0.459 e. The van der Waals surface area contributed by atoms with E-state index in [1.807, 2.05) is 0 Å². The third-order valence-electron chi connectivity index (χ3n) is 2.89. The van der Waals surface area contributed by atoms with Crippen LogP contribution in [0.15, 0.2) is 24.3 Å². The van der Waals surface area contributed by atoms with Crippen LogP contribution in [0.3, 0.4) is 0 Å². The summed E-state index contributed by atoms with van der Waals surface area (Å²) in [6.45, 7) is -1.39. The molecule has 0 radical (unpaired) electrons. The zero-order valence-corrected chi connectivity index (χ0v) is 11.2. The number of anilines is 1. The number of para-hydroxylation sites is 1. The quantitative estimate of drug-likeness (QED) is 0.246. The predicted molar refractivity (Wildman–Crippen MR) is 72.2 cm³/mol. The number of carbonyl (C=O) groups excluding carboxylic acids is 1. The number of carbonyl (C=O) groups is 1. The highest BCUT2D eigenvalue weighted by Crippen LogP contribution is 2.13. The first-order chi connectivity index (χ1) is 9.88. The van der Waals surface area contributed by atoms with Gasteiger partial charge in [0.25, 0.3) is 0 Å². The van der Waals surface area contributed by atoms with Gasteiger partial charge in [0, 0.05) is 5.69 Å². The molecule has 0 saturated carbocycles. The Morgan fingerprint density at radius 3 is 2.24 bits per heavy atom. The molecule has 118 valence electrons. The lowest BCUT2D eigenvalue weighted by molar-refractivity contribution is -0.124. The van der Waals surface area contributed by atoms with Crippen molar-refractivity contribution in [3.63, 3.8) is 0 Å². The average Bonchev–Trinajstić information content (AvgIpc) is 2.50. The Labute approximate surface area is 121 Å². The predicted octanol–water partition coefficient (Wildman–Crippen LogP) is -2.14. The zero-order chi connectivity index (χ0) is 16.0. The van der Waals surface area contributed by atoms with E-state index >= 15 is 0 Å². The summed E-state index contributed by atoms with van der Waals surface area (Å²) in [6, 6.07) is 6.16. The van der Waals surface area contributed by atoms with E-state index in [4.69, 9.17) is 20.7 Å². The summed E-state index contributed by atoms with van der Waals surface area (Å²) < 4.78 is 4.77. The molecule has 0 spiro atoms. The highest BCUT2D eigenvalue weighted by atomic mass is 16.5. The number of nitrogen functional groups attached to an aromatic ring is 1. The first-order valence-electron chi connectivity index (χ1n) is 6.23. The Kier molecular flexibility index (Phi) is 6.53. The van der Waals surface area contributed by atoms with Gasteiger partial charge >= 0.3 is 5.97 Å². The molecule has 0 saturated heterocycles. The van der Waals surface area contributed by atoms with Crippen LogP contribution in [0.5, 0.6) is 0 Å². The molecular formula is C13H19NO7. The van der Waals surface area contributed by atoms with Crippen molar-refractivity contribution in [2.24, 2.45) is 0 Å². The van der Waals surface area contributed by atoms with Crippen molar-refractivity contribution in [2.45, 2.75) is 24.4 Å². The maximum atomic E-state index is 11.7. The third-order valence-corrected chi connectivity index (χ3v) is 2.89. The largest absolute Gasteiger partial charge is 0.459 e. The summed E-state index contributed by atoms with van der Waals surface area (Å²) in [4.78, 5) is 11.7. The van der Waals surface area contributed by atoms with Crippen LogP contribution in [-0.4, -0.2) is 69.1 Å². The monoisotopic (exact) mass is 301 g/mol. The number of rotatable bonds is 7. The van der Waals surface area contributed by atoms with Gasteiger partial charge in [0.05, 0.1) is 12.2 Å². The molecule has 4 atom stereocenters. The van der Waals surface area contributed by atoms with E-state index in [-0.39, 0.29) is 11.3 Å². The molecule has 0 unspecified atom stereocenters. The fourth-order valence-electron chi connectivity index (χ4n) is 1.58. The van der Waals surface area contributed by atoms with E-state index in [2.05, 4.69) is 0 Å². The molecule has 7 N–H and O–H groups in total. The van der Waals surface area contributed by atoms with Crippen molar-refractivity contribution in [2.75, 3.05) is 18.9 Å². The van der Waals surface area contributed by atoms with Gasteiger partial charge in [0.15, 0.2) is 0 Å². The van der Waals surface area contributed by atoms with Gasteiger partial charge in [-0.05, 0) is 12.1 Å². The Hall–Kier alpha value is -1.71. The summed E-state index contributed by atoms with van der Waals surface area (Å²) in [6.07, 6.45) is -6.80. The number of benzene rings is 1. The minimum absolute atomic E-state index is 0.107. The molecule has 0 aliphatic rings. The molecular weight excluding hydrogens is 282 g/mol. The van der Waals surface area contributed by atoms with Gasteiger partial charge in [-0.3, -0.25) is 0 Å². The van der Waals surface area contributed by atoms with E-state index < -0.39 is 43.6 Å². The second kappa shape index (κ2) is 7.91. The lowest BCUT2D eigenvalue weighted by atomic mass is 10.0. The summed E-state index contributed by atoms with van der Waals surface area (Å²) in [5.74, 6) is -0.795. The van der Waals surface area contributed by atoms with Crippen molar-refractivity contribution in [3.05, 3.63) is 29.8 Å². The SMILES string of the molecule is Nc1ccccc1C(=O)OC[C@H](O)[C@H](O)[C@H](O)[C@H](O)CO. The van der Waals surface area contributed by atoms with Crippen molar-refractivity contribution in [1.29, 1.82) is 0 Å². The number of aliphatic hydroxyl groups excluding tert-OH is 5. The molecule has 1 aromatic rings. The summed E-state index contributed by atoms with van der Waals surface area (Å²) in [5, 5.41) is 46.3. The first-order valence-corrected chi connectivity index (χ1v) is 6.23. The van der Waals surface area contributed by atoms with Gasteiger partial charge in [0.2, 0.25) is 0 Å². The lowest BCUT2D eigenvalue weighted by Gasteiger charge is -2.25. The summed E-state index contributed by atoms with van der Waals surface area (Å²) in [5.41, 5.74) is 5.89. The van der Waals surface area contributed by atoms with Crippen LogP contribution >= 0.6 is 0 Å². The van der Waals surface area contributed by atoms with Crippen molar-refractivity contribution < 1.29 is 35.1 Å². The molecule has 21 heavy (non-hydrogen) atoms. The maximum Gasteiger partial charge on any atom is 0.340 e. The summed E-state index contributed by atoms with van der Waals surface area (Å²) >= 11 is 0.